The van der Waals surface area contributed by atoms with Crippen LogP contribution in [-0.2, 0) is 6.42 Å². The molecule has 0 N–H and O–H groups in total. The van der Waals surface area contributed by atoms with Gasteiger partial charge in [0.25, 0.3) is 0 Å². The molecule has 0 bridgehead atoms. The lowest BCUT2D eigenvalue weighted by Gasteiger charge is -2.44. The number of allylic oxidation sites excluding steroid dienone is 1. The third-order valence-corrected chi connectivity index (χ3v) is 6.44. The lowest BCUT2D eigenvalue weighted by atomic mass is 9.65. The third-order valence-electron chi connectivity index (χ3n) is 4.80. The lowest BCUT2D eigenvalue weighted by Crippen LogP contribution is -2.38. The van der Waals surface area contributed by atoms with Crippen LogP contribution in [-0.4, -0.2) is 11.9 Å². The highest BCUT2D eigenvalue weighted by Crippen LogP contribution is 2.48. The van der Waals surface area contributed by atoms with Crippen LogP contribution >= 0.6 is 15.9 Å². The van der Waals surface area contributed by atoms with Crippen molar-refractivity contribution in [2.75, 3.05) is 7.11 Å². The molecule has 0 aliphatic heterocycles. The minimum absolute atomic E-state index is 0.293. The van der Waals surface area contributed by atoms with Crippen LogP contribution in [0.15, 0.2) is 36.4 Å². The predicted molar refractivity (Wildman–Crippen MR) is 89.7 cm³/mol. The molecule has 1 aliphatic rings. The molecule has 110 valence electrons. The predicted octanol–water partition coefficient (Wildman–Crippen LogP) is 5.38. The van der Waals surface area contributed by atoms with E-state index >= 15 is 0 Å². The Balaban J connectivity index is 2.02. The van der Waals surface area contributed by atoms with Crippen molar-refractivity contribution < 1.29 is 4.74 Å². The fourth-order valence-electron chi connectivity index (χ4n) is 3.28. The monoisotopic (exact) mass is 336 g/mol. The second kappa shape index (κ2) is 6.34. The lowest BCUT2D eigenvalue weighted by molar-refractivity contribution is 0.193. The first kappa shape index (κ1) is 15.6. The summed E-state index contributed by atoms with van der Waals surface area (Å²) in [5.41, 5.74) is 3.10. The molecule has 20 heavy (non-hydrogen) atoms. The van der Waals surface area contributed by atoms with Crippen molar-refractivity contribution in [3.63, 3.8) is 0 Å². The van der Waals surface area contributed by atoms with E-state index in [1.54, 1.807) is 7.11 Å². The summed E-state index contributed by atoms with van der Waals surface area (Å²) in [5.74, 6) is 1.53. The highest BCUT2D eigenvalue weighted by atomic mass is 79.9. The minimum Gasteiger partial charge on any atom is -0.497 e. The second-order valence-electron chi connectivity index (χ2n) is 6.43. The Bertz CT molecular complexity index is 461. The average molecular weight is 337 g/mol. The Morgan fingerprint density at radius 1 is 1.30 bits per heavy atom. The maximum absolute atomic E-state index is 5.21. The van der Waals surface area contributed by atoms with Gasteiger partial charge in [-0.2, -0.15) is 0 Å². The number of hydrogen-bond donors (Lipinski definition) is 0. The van der Waals surface area contributed by atoms with Gasteiger partial charge in [0.05, 0.1) is 7.11 Å². The maximum Gasteiger partial charge on any atom is 0.118 e. The Kier molecular flexibility index (Phi) is 4.95. The first-order valence-corrected chi connectivity index (χ1v) is 8.31. The fraction of sp³-hybridized carbons (Fsp3) is 0.556. The Morgan fingerprint density at radius 2 is 1.95 bits per heavy atom. The number of ether oxygens (including phenoxy) is 1. The largest absolute Gasteiger partial charge is 0.497 e. The van der Waals surface area contributed by atoms with Crippen molar-refractivity contribution in [3.05, 3.63) is 42.0 Å². The van der Waals surface area contributed by atoms with Gasteiger partial charge in [-0.15, -0.1) is 0 Å². The number of hydrogen-bond acceptors (Lipinski definition) is 1. The molecule has 0 spiro atoms. The van der Waals surface area contributed by atoms with E-state index in [1.807, 2.05) is 12.1 Å². The van der Waals surface area contributed by atoms with Gasteiger partial charge in [-0.3, -0.25) is 0 Å². The molecule has 0 saturated heterocycles. The first-order chi connectivity index (χ1) is 9.45. The van der Waals surface area contributed by atoms with Crippen molar-refractivity contribution in [2.24, 2.45) is 11.3 Å². The average Bonchev–Trinajstić information content (AvgIpc) is 2.44. The normalized spacial score (nSPS) is 25.5. The van der Waals surface area contributed by atoms with Gasteiger partial charge < -0.3 is 4.74 Å². The quantitative estimate of drug-likeness (QED) is 0.529. The number of benzene rings is 1. The summed E-state index contributed by atoms with van der Waals surface area (Å²) in [6.45, 7) is 9.07. The standard InChI is InChI=1S/C18H25BrO/c1-13-5-12-17(19)18(2,3)16(13)11-8-14-6-9-15(20-4)10-7-14/h6-7,9-10,16-17H,1,5,8,11-12H2,2-4H3/t16?,17-/m1/s1. The molecule has 1 aliphatic carbocycles. The molecule has 1 unspecified atom stereocenters. The van der Waals surface area contributed by atoms with Gasteiger partial charge in [-0.1, -0.05) is 54.1 Å². The molecule has 2 atom stereocenters. The zero-order valence-electron chi connectivity index (χ0n) is 12.8. The Morgan fingerprint density at radius 3 is 2.55 bits per heavy atom. The molecule has 2 rings (SSSR count). The van der Waals surface area contributed by atoms with E-state index in [2.05, 4.69) is 48.5 Å². The smallest absolute Gasteiger partial charge is 0.118 e. The summed E-state index contributed by atoms with van der Waals surface area (Å²) in [6.07, 6.45) is 4.66. The number of alkyl halides is 1. The summed E-state index contributed by atoms with van der Waals surface area (Å²) in [6, 6.07) is 8.43. The second-order valence-corrected chi connectivity index (χ2v) is 7.53. The van der Waals surface area contributed by atoms with Crippen molar-refractivity contribution in [2.45, 2.75) is 44.4 Å². The molecule has 2 heteroatoms. The van der Waals surface area contributed by atoms with Crippen molar-refractivity contribution in [1.82, 2.24) is 0 Å². The van der Waals surface area contributed by atoms with Crippen molar-refractivity contribution in [1.29, 1.82) is 0 Å². The first-order valence-electron chi connectivity index (χ1n) is 7.40. The molecule has 1 nitrogen and oxygen atoms in total. The third kappa shape index (κ3) is 3.28. The van der Waals surface area contributed by atoms with Gasteiger partial charge in [0.1, 0.15) is 5.75 Å². The van der Waals surface area contributed by atoms with Crippen LogP contribution in [0, 0.1) is 11.3 Å². The summed E-state index contributed by atoms with van der Waals surface area (Å²) in [4.78, 5) is 0.598. The minimum atomic E-state index is 0.293. The molecule has 0 radical (unpaired) electrons. The number of halogens is 1. The topological polar surface area (TPSA) is 9.23 Å². The van der Waals surface area contributed by atoms with Crippen LogP contribution < -0.4 is 4.74 Å². The summed E-state index contributed by atoms with van der Waals surface area (Å²) in [7, 11) is 1.71. The van der Waals surface area contributed by atoms with Crippen LogP contribution in [0.25, 0.3) is 0 Å². The molecule has 1 aromatic carbocycles. The van der Waals surface area contributed by atoms with Gasteiger partial charge in [-0.25, -0.2) is 0 Å². The van der Waals surface area contributed by atoms with Crippen LogP contribution in [0.3, 0.4) is 0 Å². The molecule has 1 aromatic rings. The molecule has 1 saturated carbocycles. The van der Waals surface area contributed by atoms with Crippen LogP contribution in [0.5, 0.6) is 5.75 Å². The number of aryl methyl sites for hydroxylation is 1. The van der Waals surface area contributed by atoms with E-state index in [0.717, 1.165) is 18.6 Å². The number of rotatable bonds is 4. The van der Waals surface area contributed by atoms with Gasteiger partial charge in [0, 0.05) is 4.83 Å². The molecular formula is C18H25BrO. The van der Waals surface area contributed by atoms with Crippen molar-refractivity contribution >= 4 is 15.9 Å². The van der Waals surface area contributed by atoms with Crippen LogP contribution in [0.4, 0.5) is 0 Å². The molecule has 0 aromatic heterocycles. The van der Waals surface area contributed by atoms with E-state index in [4.69, 9.17) is 4.74 Å². The van der Waals surface area contributed by atoms with E-state index in [1.165, 1.54) is 24.0 Å². The Hall–Kier alpha value is -0.760. The highest BCUT2D eigenvalue weighted by Gasteiger charge is 2.40. The van der Waals surface area contributed by atoms with Crippen molar-refractivity contribution in [3.8, 4) is 5.75 Å². The highest BCUT2D eigenvalue weighted by molar-refractivity contribution is 9.09. The van der Waals surface area contributed by atoms with Crippen LogP contribution in [0.1, 0.15) is 38.7 Å². The van der Waals surface area contributed by atoms with E-state index < -0.39 is 0 Å². The summed E-state index contributed by atoms with van der Waals surface area (Å²) < 4.78 is 5.21. The molecule has 0 heterocycles. The fourth-order valence-corrected chi connectivity index (χ4v) is 3.83. The van der Waals surface area contributed by atoms with Gasteiger partial charge in [0.2, 0.25) is 0 Å². The van der Waals surface area contributed by atoms with E-state index in [-0.39, 0.29) is 0 Å². The Labute approximate surface area is 131 Å². The molecule has 0 amide bonds. The van der Waals surface area contributed by atoms with E-state index in [9.17, 15) is 0 Å². The summed E-state index contributed by atoms with van der Waals surface area (Å²) >= 11 is 3.87. The van der Waals surface area contributed by atoms with E-state index in [0.29, 0.717) is 16.2 Å². The maximum atomic E-state index is 5.21. The van der Waals surface area contributed by atoms with Gasteiger partial charge in [0.15, 0.2) is 0 Å². The summed E-state index contributed by atoms with van der Waals surface area (Å²) in [5, 5.41) is 0. The number of methoxy groups -OCH3 is 1. The van der Waals surface area contributed by atoms with Crippen LogP contribution in [0.2, 0.25) is 0 Å². The van der Waals surface area contributed by atoms with Gasteiger partial charge >= 0.3 is 0 Å². The SMILES string of the molecule is C=C1CC[C@@H](Br)C(C)(C)C1CCc1ccc(OC)cc1. The molecule has 1 fully saturated rings. The van der Waals surface area contributed by atoms with Gasteiger partial charge in [-0.05, 0) is 54.7 Å². The zero-order valence-corrected chi connectivity index (χ0v) is 14.4. The molecular weight excluding hydrogens is 312 g/mol. The zero-order chi connectivity index (χ0) is 14.8.